The Kier molecular flexibility index (Phi) is 7.49. The maximum Gasteiger partial charge on any atom is 0.263 e. The van der Waals surface area contributed by atoms with E-state index in [1.165, 1.54) is 28.2 Å². The second-order valence-electron chi connectivity index (χ2n) is 10.3. The van der Waals surface area contributed by atoms with Gasteiger partial charge < -0.3 is 26.0 Å². The molecule has 1 aromatic carbocycles. The molecule has 6 rings (SSSR count). The predicted molar refractivity (Wildman–Crippen MR) is 157 cm³/mol. The van der Waals surface area contributed by atoms with Crippen molar-refractivity contribution in [2.75, 3.05) is 56.6 Å². The molecule has 1 amide bonds. The third-order valence-corrected chi connectivity index (χ3v) is 8.75. The van der Waals surface area contributed by atoms with E-state index in [0.717, 1.165) is 80.1 Å². The van der Waals surface area contributed by atoms with Crippen molar-refractivity contribution in [2.24, 2.45) is 0 Å². The van der Waals surface area contributed by atoms with Crippen molar-refractivity contribution in [2.45, 2.75) is 32.2 Å². The molecular formula is C29H35N7O2S. The van der Waals surface area contributed by atoms with Crippen molar-refractivity contribution in [3.8, 4) is 11.1 Å². The number of anilines is 2. The first-order chi connectivity index (χ1) is 19.1. The van der Waals surface area contributed by atoms with Gasteiger partial charge in [0.05, 0.1) is 17.9 Å². The van der Waals surface area contributed by atoms with Crippen LogP contribution in [0.15, 0.2) is 42.7 Å². The van der Waals surface area contributed by atoms with Gasteiger partial charge in [0.25, 0.3) is 5.91 Å². The van der Waals surface area contributed by atoms with Gasteiger partial charge in [0.15, 0.2) is 0 Å². The molecule has 4 aromatic rings. The number of pyridine rings is 1. The maximum absolute atomic E-state index is 13.0. The van der Waals surface area contributed by atoms with E-state index >= 15 is 0 Å². The van der Waals surface area contributed by atoms with Crippen LogP contribution in [-0.4, -0.2) is 66.6 Å². The number of carbonyl (C=O) groups excluding carboxylic acids is 1. The molecule has 2 aliphatic rings. The van der Waals surface area contributed by atoms with E-state index in [0.29, 0.717) is 23.2 Å². The minimum atomic E-state index is -0.149. The Morgan fingerprint density at radius 3 is 2.85 bits per heavy atom. The first kappa shape index (κ1) is 25.8. The highest BCUT2D eigenvalue weighted by Crippen LogP contribution is 2.34. The number of hydrogen-bond donors (Lipinski definition) is 3. The number of aromatic nitrogens is 3. The van der Waals surface area contributed by atoms with Crippen LogP contribution in [0.1, 0.15) is 39.8 Å². The summed E-state index contributed by atoms with van der Waals surface area (Å²) in [6.07, 6.45) is 6.87. The largest absolute Gasteiger partial charge is 0.397 e. The summed E-state index contributed by atoms with van der Waals surface area (Å²) in [4.78, 5) is 21.3. The van der Waals surface area contributed by atoms with E-state index in [1.54, 1.807) is 0 Å². The van der Waals surface area contributed by atoms with E-state index in [-0.39, 0.29) is 5.91 Å². The van der Waals surface area contributed by atoms with Gasteiger partial charge >= 0.3 is 0 Å². The fraction of sp³-hybridized carbons (Fsp3) is 0.414. The predicted octanol–water partition coefficient (Wildman–Crippen LogP) is 3.78. The number of nitrogen functional groups attached to an aromatic ring is 1. The number of thiophene rings is 1. The second kappa shape index (κ2) is 11.3. The van der Waals surface area contributed by atoms with Gasteiger partial charge in [-0.25, -0.2) is 4.98 Å². The number of carbonyl (C=O) groups is 1. The third-order valence-electron chi connectivity index (χ3n) is 7.63. The molecular weight excluding hydrogens is 510 g/mol. The van der Waals surface area contributed by atoms with Crippen molar-refractivity contribution in [1.82, 2.24) is 25.4 Å². The zero-order valence-corrected chi connectivity index (χ0v) is 23.1. The number of nitrogens with two attached hydrogens (primary N) is 1. The smallest absolute Gasteiger partial charge is 0.263 e. The lowest BCUT2D eigenvalue weighted by Crippen LogP contribution is -2.43. The molecule has 3 aromatic heterocycles. The van der Waals surface area contributed by atoms with Gasteiger partial charge in [0.2, 0.25) is 0 Å². The number of fused-ring (bicyclic) bond motifs is 1. The molecule has 0 aliphatic carbocycles. The number of ether oxygens (including phenoxy) is 1. The van der Waals surface area contributed by atoms with Crippen molar-refractivity contribution in [3.63, 3.8) is 0 Å². The van der Waals surface area contributed by atoms with Gasteiger partial charge in [-0.05, 0) is 56.0 Å². The van der Waals surface area contributed by atoms with E-state index in [2.05, 4.69) is 49.6 Å². The monoisotopic (exact) mass is 545 g/mol. The van der Waals surface area contributed by atoms with Gasteiger partial charge in [-0.2, -0.15) is 5.10 Å². The van der Waals surface area contributed by atoms with E-state index in [4.69, 9.17) is 15.6 Å². The molecule has 5 heterocycles. The highest BCUT2D eigenvalue weighted by atomic mass is 32.1. The standard InChI is InChI=1S/C29H35N7O2S/c1-19-2-4-23-26(30)27(39-29(23)34-19)28(37)32-9-6-20-3-5-25(35-12-10-31-11-13-35)24(16-20)21-17-33-36(18-21)22-7-14-38-15-8-22/h2-5,16-18,22,31H,6-15,30H2,1H3,(H,32,37). The molecule has 204 valence electrons. The van der Waals surface area contributed by atoms with Crippen LogP contribution < -0.4 is 21.3 Å². The molecule has 2 fully saturated rings. The van der Waals surface area contributed by atoms with Crippen LogP contribution in [0.2, 0.25) is 0 Å². The lowest BCUT2D eigenvalue weighted by Gasteiger charge is -2.31. The number of rotatable bonds is 7. The Bertz CT molecular complexity index is 1470. The first-order valence-corrected chi connectivity index (χ1v) is 14.5. The molecule has 4 N–H and O–H groups in total. The zero-order chi connectivity index (χ0) is 26.8. The molecule has 0 spiro atoms. The molecule has 39 heavy (non-hydrogen) atoms. The molecule has 2 saturated heterocycles. The molecule has 0 atom stereocenters. The number of piperazine rings is 1. The van der Waals surface area contributed by atoms with Crippen molar-refractivity contribution >= 4 is 38.8 Å². The van der Waals surface area contributed by atoms with Gasteiger partial charge in [-0.1, -0.05) is 6.07 Å². The number of nitrogens with one attached hydrogen (secondary N) is 2. The Labute approximate surface area is 232 Å². The Balaban J connectivity index is 1.19. The maximum atomic E-state index is 13.0. The average molecular weight is 546 g/mol. The summed E-state index contributed by atoms with van der Waals surface area (Å²) in [5.41, 5.74) is 12.4. The highest BCUT2D eigenvalue weighted by molar-refractivity contribution is 7.21. The molecule has 0 radical (unpaired) electrons. The minimum Gasteiger partial charge on any atom is -0.397 e. The molecule has 0 bridgehead atoms. The topological polar surface area (TPSA) is 110 Å². The normalized spacial score (nSPS) is 16.6. The summed E-state index contributed by atoms with van der Waals surface area (Å²) in [7, 11) is 0. The van der Waals surface area contributed by atoms with E-state index in [1.807, 2.05) is 25.3 Å². The van der Waals surface area contributed by atoms with Gasteiger partial charge in [-0.15, -0.1) is 11.3 Å². The number of amides is 1. The van der Waals surface area contributed by atoms with Crippen molar-refractivity contribution in [3.05, 3.63) is 58.9 Å². The summed E-state index contributed by atoms with van der Waals surface area (Å²) in [5.74, 6) is -0.149. The molecule has 9 nitrogen and oxygen atoms in total. The van der Waals surface area contributed by atoms with Crippen LogP contribution in [0.5, 0.6) is 0 Å². The summed E-state index contributed by atoms with van der Waals surface area (Å²) in [6.45, 7) is 7.93. The Morgan fingerprint density at radius 2 is 2.03 bits per heavy atom. The summed E-state index contributed by atoms with van der Waals surface area (Å²) in [5, 5.41) is 12.1. The van der Waals surface area contributed by atoms with Crippen LogP contribution in [-0.2, 0) is 11.2 Å². The summed E-state index contributed by atoms with van der Waals surface area (Å²) < 4.78 is 7.65. The van der Waals surface area contributed by atoms with Crippen molar-refractivity contribution in [1.29, 1.82) is 0 Å². The van der Waals surface area contributed by atoms with Crippen LogP contribution in [0.3, 0.4) is 0 Å². The average Bonchev–Trinajstić information content (AvgIpc) is 3.59. The molecule has 0 saturated carbocycles. The third kappa shape index (κ3) is 5.50. The van der Waals surface area contributed by atoms with E-state index in [9.17, 15) is 4.79 Å². The molecule has 0 unspecified atom stereocenters. The Morgan fingerprint density at radius 1 is 1.21 bits per heavy atom. The molecule has 10 heteroatoms. The first-order valence-electron chi connectivity index (χ1n) is 13.7. The van der Waals surface area contributed by atoms with Crippen LogP contribution in [0.25, 0.3) is 21.3 Å². The van der Waals surface area contributed by atoms with Gasteiger partial charge in [-0.3, -0.25) is 9.48 Å². The fourth-order valence-electron chi connectivity index (χ4n) is 5.44. The summed E-state index contributed by atoms with van der Waals surface area (Å²) in [6, 6.07) is 10.9. The quantitative estimate of drug-likeness (QED) is 0.324. The van der Waals surface area contributed by atoms with Gasteiger partial charge in [0, 0.05) is 80.0 Å². The van der Waals surface area contributed by atoms with Crippen LogP contribution in [0, 0.1) is 6.92 Å². The lowest BCUT2D eigenvalue weighted by atomic mass is 10.0. The fourth-order valence-corrected chi connectivity index (χ4v) is 6.49. The zero-order valence-electron chi connectivity index (χ0n) is 22.3. The van der Waals surface area contributed by atoms with Crippen LogP contribution in [0.4, 0.5) is 11.4 Å². The Hall–Kier alpha value is -3.47. The lowest BCUT2D eigenvalue weighted by molar-refractivity contribution is 0.0662. The summed E-state index contributed by atoms with van der Waals surface area (Å²) >= 11 is 1.35. The molecule has 2 aliphatic heterocycles. The number of hydrogen-bond acceptors (Lipinski definition) is 8. The number of aryl methyl sites for hydroxylation is 1. The minimum absolute atomic E-state index is 0.149. The van der Waals surface area contributed by atoms with Gasteiger partial charge in [0.1, 0.15) is 9.71 Å². The van der Waals surface area contributed by atoms with Crippen molar-refractivity contribution < 1.29 is 9.53 Å². The highest BCUT2D eigenvalue weighted by Gasteiger charge is 2.21. The second-order valence-corrected chi connectivity index (χ2v) is 11.3. The number of benzene rings is 1. The van der Waals surface area contributed by atoms with Crippen LogP contribution >= 0.6 is 11.3 Å². The SMILES string of the molecule is Cc1ccc2c(N)c(C(=O)NCCc3ccc(N4CCNCC4)c(-c4cnn(C5CCOCC5)c4)c3)sc2n1. The number of nitrogens with zero attached hydrogens (tertiary/aromatic N) is 4. The van der Waals surface area contributed by atoms with E-state index < -0.39 is 0 Å².